The molecule has 154 valence electrons. The van der Waals surface area contributed by atoms with Crippen LogP contribution in [0.25, 0.3) is 0 Å². The number of hydrogen-bond acceptors (Lipinski definition) is 5. The number of guanidine groups is 1. The molecule has 0 spiro atoms. The Morgan fingerprint density at radius 2 is 2.04 bits per heavy atom. The molecule has 3 rings (SSSR count). The van der Waals surface area contributed by atoms with Gasteiger partial charge in [0.1, 0.15) is 24.5 Å². The second kappa shape index (κ2) is 11.0. The van der Waals surface area contributed by atoms with Crippen molar-refractivity contribution in [2.45, 2.75) is 33.4 Å². The van der Waals surface area contributed by atoms with Crippen LogP contribution in [-0.4, -0.2) is 69.2 Å². The highest BCUT2D eigenvalue weighted by Gasteiger charge is 2.21. The summed E-state index contributed by atoms with van der Waals surface area (Å²) in [6.07, 6.45) is 4.26. The quantitative estimate of drug-likeness (QED) is 0.365. The van der Waals surface area contributed by atoms with Gasteiger partial charge in [-0.05, 0) is 12.1 Å². The lowest BCUT2D eigenvalue weighted by Gasteiger charge is -2.36. The van der Waals surface area contributed by atoms with Crippen LogP contribution in [0.3, 0.4) is 0 Å². The highest BCUT2D eigenvalue weighted by molar-refractivity contribution is 14.0. The first-order valence-electron chi connectivity index (χ1n) is 9.35. The topological polar surface area (TPSA) is 91.8 Å². The van der Waals surface area contributed by atoms with Gasteiger partial charge in [0.15, 0.2) is 5.96 Å². The molecule has 0 radical (unpaired) electrons. The van der Waals surface area contributed by atoms with Gasteiger partial charge in [0, 0.05) is 52.6 Å². The van der Waals surface area contributed by atoms with Crippen molar-refractivity contribution in [3.63, 3.8) is 0 Å². The van der Waals surface area contributed by atoms with Gasteiger partial charge >= 0.3 is 0 Å². The van der Waals surface area contributed by atoms with Crippen LogP contribution in [0.5, 0.6) is 0 Å². The molecule has 1 aliphatic heterocycles. The van der Waals surface area contributed by atoms with Crippen LogP contribution in [0, 0.1) is 0 Å². The molecule has 9 nitrogen and oxygen atoms in total. The van der Waals surface area contributed by atoms with E-state index in [9.17, 15) is 4.79 Å². The zero-order chi connectivity index (χ0) is 19.1. The Kier molecular flexibility index (Phi) is 8.74. The second-order valence-electron chi connectivity index (χ2n) is 6.43. The summed E-state index contributed by atoms with van der Waals surface area (Å²) in [6.45, 7) is 8.59. The molecule has 1 N–H and O–H groups in total. The van der Waals surface area contributed by atoms with Gasteiger partial charge in [-0.2, -0.15) is 0 Å². The third kappa shape index (κ3) is 5.94. The molecule has 3 heterocycles. The standard InChI is InChI=1S/C18H27N7O2.HI/c1-3-17-22-21-14-25(17)7-6-19-18(20-13-16-5-4-12-27-16)24-10-8-23(9-11-24)15(2)26;/h4-5,12,14H,3,6-11,13H2,1-2H3,(H,19,20);1H. The van der Waals surface area contributed by atoms with E-state index in [4.69, 9.17) is 9.41 Å². The van der Waals surface area contributed by atoms with Crippen LogP contribution in [-0.2, 0) is 24.3 Å². The summed E-state index contributed by atoms with van der Waals surface area (Å²) in [7, 11) is 0. The normalized spacial score (nSPS) is 14.7. The Hall–Kier alpha value is -2.11. The van der Waals surface area contributed by atoms with E-state index < -0.39 is 0 Å². The first-order chi connectivity index (χ1) is 13.2. The minimum absolute atomic E-state index is 0. The van der Waals surface area contributed by atoms with Gasteiger partial charge in [-0.25, -0.2) is 4.99 Å². The minimum atomic E-state index is 0. The summed E-state index contributed by atoms with van der Waals surface area (Å²) in [5.41, 5.74) is 0. The third-order valence-corrected chi connectivity index (χ3v) is 4.64. The number of furan rings is 1. The Labute approximate surface area is 182 Å². The number of rotatable bonds is 6. The van der Waals surface area contributed by atoms with Gasteiger partial charge in [-0.3, -0.25) is 4.79 Å². The molecule has 2 aromatic rings. The van der Waals surface area contributed by atoms with Gasteiger partial charge in [0.2, 0.25) is 5.91 Å². The predicted octanol–water partition coefficient (Wildman–Crippen LogP) is 1.36. The van der Waals surface area contributed by atoms with Crippen LogP contribution < -0.4 is 5.32 Å². The van der Waals surface area contributed by atoms with Gasteiger partial charge in [-0.15, -0.1) is 34.2 Å². The average molecular weight is 501 g/mol. The molecule has 1 saturated heterocycles. The smallest absolute Gasteiger partial charge is 0.219 e. The van der Waals surface area contributed by atoms with Gasteiger partial charge < -0.3 is 24.1 Å². The van der Waals surface area contributed by atoms with Crippen LogP contribution in [0.2, 0.25) is 0 Å². The monoisotopic (exact) mass is 501 g/mol. The summed E-state index contributed by atoms with van der Waals surface area (Å²) in [5, 5.41) is 11.5. The summed E-state index contributed by atoms with van der Waals surface area (Å²) in [6, 6.07) is 3.78. The number of aliphatic imine (C=N–C) groups is 1. The number of aromatic nitrogens is 3. The van der Waals surface area contributed by atoms with Crippen molar-refractivity contribution < 1.29 is 9.21 Å². The molecule has 0 unspecified atom stereocenters. The first kappa shape index (κ1) is 22.2. The maximum Gasteiger partial charge on any atom is 0.219 e. The zero-order valence-electron chi connectivity index (χ0n) is 16.4. The minimum Gasteiger partial charge on any atom is -0.467 e. The molecule has 1 amide bonds. The summed E-state index contributed by atoms with van der Waals surface area (Å²) in [4.78, 5) is 20.3. The molecule has 10 heteroatoms. The van der Waals surface area contributed by atoms with E-state index in [-0.39, 0.29) is 29.9 Å². The molecular formula is C18H28IN7O2. The molecule has 2 aromatic heterocycles. The highest BCUT2D eigenvalue weighted by atomic mass is 127. The van der Waals surface area contributed by atoms with E-state index in [0.29, 0.717) is 19.6 Å². The SMILES string of the molecule is CCc1nncn1CCNC(=NCc1ccco1)N1CCN(C(C)=O)CC1.I. The number of amides is 1. The Bertz CT molecular complexity index is 752. The molecule has 28 heavy (non-hydrogen) atoms. The van der Waals surface area contributed by atoms with Crippen molar-refractivity contribution in [1.29, 1.82) is 0 Å². The van der Waals surface area contributed by atoms with Crippen LogP contribution in [0.4, 0.5) is 0 Å². The maximum absolute atomic E-state index is 11.6. The van der Waals surface area contributed by atoms with Crippen LogP contribution >= 0.6 is 24.0 Å². The second-order valence-corrected chi connectivity index (χ2v) is 6.43. The fourth-order valence-electron chi connectivity index (χ4n) is 3.08. The number of aryl methyl sites for hydroxylation is 1. The van der Waals surface area contributed by atoms with Gasteiger partial charge in [0.05, 0.1) is 6.26 Å². The summed E-state index contributed by atoms with van der Waals surface area (Å²) < 4.78 is 7.43. The fourth-order valence-corrected chi connectivity index (χ4v) is 3.08. The van der Waals surface area contributed by atoms with Crippen molar-refractivity contribution in [1.82, 2.24) is 29.9 Å². The van der Waals surface area contributed by atoms with Crippen molar-refractivity contribution >= 4 is 35.8 Å². The molecule has 0 atom stereocenters. The van der Waals surface area contributed by atoms with Crippen molar-refractivity contribution in [3.8, 4) is 0 Å². The molecule has 1 aliphatic rings. The number of carbonyl (C=O) groups excluding carboxylic acids is 1. The highest BCUT2D eigenvalue weighted by Crippen LogP contribution is 2.06. The number of halogens is 1. The molecule has 0 aliphatic carbocycles. The molecule has 0 saturated carbocycles. The molecular weight excluding hydrogens is 473 g/mol. The Balaban J connectivity index is 0.00000280. The van der Waals surface area contributed by atoms with E-state index >= 15 is 0 Å². The zero-order valence-corrected chi connectivity index (χ0v) is 18.7. The van der Waals surface area contributed by atoms with Crippen LogP contribution in [0.15, 0.2) is 34.1 Å². The number of carbonyl (C=O) groups is 1. The number of nitrogens with zero attached hydrogens (tertiary/aromatic N) is 6. The number of nitrogens with one attached hydrogen (secondary N) is 1. The van der Waals surface area contributed by atoms with E-state index in [1.165, 1.54) is 0 Å². The first-order valence-corrected chi connectivity index (χ1v) is 9.35. The Morgan fingerprint density at radius 3 is 2.68 bits per heavy atom. The van der Waals surface area contributed by atoms with E-state index in [2.05, 4.69) is 27.3 Å². The molecule has 1 fully saturated rings. The van der Waals surface area contributed by atoms with E-state index in [1.54, 1.807) is 19.5 Å². The molecule has 0 bridgehead atoms. The molecule has 0 aromatic carbocycles. The number of piperazine rings is 1. The van der Waals surface area contributed by atoms with Gasteiger partial charge in [-0.1, -0.05) is 6.92 Å². The maximum atomic E-state index is 11.6. The lowest BCUT2D eigenvalue weighted by Crippen LogP contribution is -2.53. The van der Waals surface area contributed by atoms with Crippen molar-refractivity contribution in [3.05, 3.63) is 36.3 Å². The van der Waals surface area contributed by atoms with Gasteiger partial charge in [0.25, 0.3) is 0 Å². The lowest BCUT2D eigenvalue weighted by atomic mass is 10.3. The van der Waals surface area contributed by atoms with Crippen molar-refractivity contribution in [2.75, 3.05) is 32.7 Å². The van der Waals surface area contributed by atoms with E-state index in [0.717, 1.165) is 50.1 Å². The van der Waals surface area contributed by atoms with Crippen molar-refractivity contribution in [2.24, 2.45) is 4.99 Å². The third-order valence-electron chi connectivity index (χ3n) is 4.64. The average Bonchev–Trinajstić information content (AvgIpc) is 3.36. The number of hydrogen-bond donors (Lipinski definition) is 1. The van der Waals surface area contributed by atoms with Crippen LogP contribution in [0.1, 0.15) is 25.4 Å². The lowest BCUT2D eigenvalue weighted by molar-refractivity contribution is -0.130. The largest absolute Gasteiger partial charge is 0.467 e. The fraction of sp³-hybridized carbons (Fsp3) is 0.556. The van der Waals surface area contributed by atoms with E-state index in [1.807, 2.05) is 21.6 Å². The predicted molar refractivity (Wildman–Crippen MR) is 116 cm³/mol. The summed E-state index contributed by atoms with van der Waals surface area (Å²) in [5.74, 6) is 2.75. The summed E-state index contributed by atoms with van der Waals surface area (Å²) >= 11 is 0. The Morgan fingerprint density at radius 1 is 1.29 bits per heavy atom.